The van der Waals surface area contributed by atoms with Crippen LogP contribution in [0.2, 0.25) is 0 Å². The van der Waals surface area contributed by atoms with E-state index in [0.29, 0.717) is 18.7 Å². The Labute approximate surface area is 147 Å². The van der Waals surface area contributed by atoms with Gasteiger partial charge in [-0.15, -0.1) is 0 Å². The van der Waals surface area contributed by atoms with E-state index in [1.54, 1.807) is 30.1 Å². The van der Waals surface area contributed by atoms with Crippen LogP contribution in [-0.2, 0) is 16.4 Å². The molecule has 2 N–H and O–H groups in total. The number of nitrogens with one attached hydrogen (secondary N) is 2. The highest BCUT2D eigenvalue weighted by Gasteiger charge is 2.26. The molecule has 6 nitrogen and oxygen atoms in total. The topological polar surface area (TPSA) is 78.5 Å². The number of anilines is 2. The summed E-state index contributed by atoms with van der Waals surface area (Å²) in [6, 6.07) is 10.1. The van der Waals surface area contributed by atoms with E-state index in [1.165, 1.54) is 6.07 Å². The van der Waals surface area contributed by atoms with E-state index in [9.17, 15) is 13.2 Å². The number of hydrogen-bond donors (Lipinski definition) is 2. The average molecular weight is 359 g/mol. The van der Waals surface area contributed by atoms with Gasteiger partial charge in [0.1, 0.15) is 0 Å². The van der Waals surface area contributed by atoms with Crippen LogP contribution in [-0.4, -0.2) is 28.0 Å². The van der Waals surface area contributed by atoms with Crippen LogP contribution >= 0.6 is 0 Å². The summed E-state index contributed by atoms with van der Waals surface area (Å²) in [6.45, 7) is 4.46. The van der Waals surface area contributed by atoms with E-state index < -0.39 is 10.0 Å². The van der Waals surface area contributed by atoms with Crippen molar-refractivity contribution in [2.75, 3.05) is 23.2 Å². The van der Waals surface area contributed by atoms with Crippen LogP contribution < -0.4 is 14.9 Å². The van der Waals surface area contributed by atoms with Crippen LogP contribution in [0.5, 0.6) is 0 Å². The molecule has 7 heteroatoms. The summed E-state index contributed by atoms with van der Waals surface area (Å²) in [6.07, 6.45) is 0.635. The molecule has 1 aliphatic rings. The van der Waals surface area contributed by atoms with Crippen molar-refractivity contribution in [2.45, 2.75) is 25.2 Å². The molecular formula is C18H21N3O3S. The Bertz CT molecular complexity index is 939. The summed E-state index contributed by atoms with van der Waals surface area (Å²) in [4.78, 5) is 13.7. The van der Waals surface area contributed by atoms with E-state index in [2.05, 4.69) is 10.0 Å². The molecule has 0 unspecified atom stereocenters. The predicted octanol–water partition coefficient (Wildman–Crippen LogP) is 2.81. The molecule has 0 atom stereocenters. The van der Waals surface area contributed by atoms with Crippen molar-refractivity contribution in [3.8, 4) is 0 Å². The van der Waals surface area contributed by atoms with Crippen LogP contribution in [0, 0.1) is 13.8 Å². The second kappa shape index (κ2) is 6.40. The maximum Gasteiger partial charge on any atom is 0.321 e. The molecule has 25 heavy (non-hydrogen) atoms. The number of nitrogens with zero attached hydrogens (tertiary/aromatic N) is 1. The molecule has 2 aromatic rings. The standard InChI is InChI=1S/C18H21N3O3S/c1-12-4-5-15(10-13(12)2)20-25(23,24)16-6-7-17-14(11-16)8-9-21(17)18(22)19-3/h4-7,10-11,20H,8-9H2,1-3H3,(H,19,22). The van der Waals surface area contributed by atoms with Gasteiger partial charge < -0.3 is 5.32 Å². The molecule has 2 amide bonds. The van der Waals surface area contributed by atoms with Gasteiger partial charge in [0.25, 0.3) is 10.0 Å². The molecule has 132 valence electrons. The fraction of sp³-hybridized carbons (Fsp3) is 0.278. The fourth-order valence-electron chi connectivity index (χ4n) is 2.91. The van der Waals surface area contributed by atoms with Crippen molar-refractivity contribution in [3.05, 3.63) is 53.1 Å². The Hall–Kier alpha value is -2.54. The highest BCUT2D eigenvalue weighted by Crippen LogP contribution is 2.30. The zero-order chi connectivity index (χ0) is 18.2. The normalized spacial score (nSPS) is 13.5. The van der Waals surface area contributed by atoms with Crippen LogP contribution in [0.3, 0.4) is 0 Å². The second-order valence-corrected chi connectivity index (χ2v) is 7.83. The zero-order valence-corrected chi connectivity index (χ0v) is 15.3. The number of amides is 2. The van der Waals surface area contributed by atoms with Crippen molar-refractivity contribution in [3.63, 3.8) is 0 Å². The number of fused-ring (bicyclic) bond motifs is 1. The van der Waals surface area contributed by atoms with E-state index >= 15 is 0 Å². The van der Waals surface area contributed by atoms with Gasteiger partial charge >= 0.3 is 6.03 Å². The van der Waals surface area contributed by atoms with E-state index in [4.69, 9.17) is 0 Å². The van der Waals surface area contributed by atoms with E-state index in [0.717, 1.165) is 22.4 Å². The monoisotopic (exact) mass is 359 g/mol. The Kier molecular flexibility index (Phi) is 4.43. The van der Waals surface area contributed by atoms with Gasteiger partial charge in [-0.1, -0.05) is 6.07 Å². The highest BCUT2D eigenvalue weighted by molar-refractivity contribution is 7.92. The fourth-order valence-corrected chi connectivity index (χ4v) is 4.01. The predicted molar refractivity (Wildman–Crippen MR) is 98.7 cm³/mol. The summed E-state index contributed by atoms with van der Waals surface area (Å²) in [5.74, 6) is 0. The highest BCUT2D eigenvalue weighted by atomic mass is 32.2. The first kappa shape index (κ1) is 17.3. The van der Waals surface area contributed by atoms with Crippen molar-refractivity contribution >= 4 is 27.4 Å². The van der Waals surface area contributed by atoms with Gasteiger partial charge in [-0.25, -0.2) is 13.2 Å². The molecule has 1 heterocycles. The van der Waals surface area contributed by atoms with Crippen LogP contribution in [0.4, 0.5) is 16.2 Å². The zero-order valence-electron chi connectivity index (χ0n) is 14.5. The van der Waals surface area contributed by atoms with Gasteiger partial charge in [-0.05, 0) is 67.3 Å². The molecule has 0 radical (unpaired) electrons. The van der Waals surface area contributed by atoms with Crippen LogP contribution in [0.25, 0.3) is 0 Å². The minimum absolute atomic E-state index is 0.192. The summed E-state index contributed by atoms with van der Waals surface area (Å²) in [5.41, 5.74) is 4.27. The first-order valence-electron chi connectivity index (χ1n) is 8.04. The lowest BCUT2D eigenvalue weighted by Gasteiger charge is -2.17. The quantitative estimate of drug-likeness (QED) is 0.884. The molecule has 1 aliphatic heterocycles. The number of carbonyl (C=O) groups excluding carboxylic acids is 1. The molecule has 0 bridgehead atoms. The second-order valence-electron chi connectivity index (χ2n) is 6.15. The van der Waals surface area contributed by atoms with Gasteiger partial charge in [0.05, 0.1) is 4.90 Å². The van der Waals surface area contributed by atoms with Gasteiger partial charge in [0.2, 0.25) is 0 Å². The summed E-state index contributed by atoms with van der Waals surface area (Å²) < 4.78 is 27.9. The molecule has 0 aliphatic carbocycles. The number of urea groups is 1. The number of benzene rings is 2. The Morgan fingerprint density at radius 2 is 1.84 bits per heavy atom. The number of hydrogen-bond acceptors (Lipinski definition) is 3. The number of carbonyl (C=O) groups is 1. The van der Waals surface area contributed by atoms with Crippen molar-refractivity contribution in [1.29, 1.82) is 0 Å². The first-order valence-corrected chi connectivity index (χ1v) is 9.52. The van der Waals surface area contributed by atoms with Gasteiger partial charge in [-0.2, -0.15) is 0 Å². The molecule has 3 rings (SSSR count). The lowest BCUT2D eigenvalue weighted by molar-refractivity contribution is 0.248. The summed E-state index contributed by atoms with van der Waals surface area (Å²) in [5, 5.41) is 2.59. The van der Waals surface area contributed by atoms with Gasteiger partial charge in [0, 0.05) is 25.0 Å². The van der Waals surface area contributed by atoms with Crippen LogP contribution in [0.15, 0.2) is 41.3 Å². The first-order chi connectivity index (χ1) is 11.8. The molecule has 2 aromatic carbocycles. The maximum absolute atomic E-state index is 12.7. The van der Waals surface area contributed by atoms with Crippen LogP contribution in [0.1, 0.15) is 16.7 Å². The Morgan fingerprint density at radius 1 is 1.08 bits per heavy atom. The molecule has 0 fully saturated rings. The SMILES string of the molecule is CNC(=O)N1CCc2cc(S(=O)(=O)Nc3ccc(C)c(C)c3)ccc21. The number of aryl methyl sites for hydroxylation is 2. The number of sulfonamides is 1. The number of rotatable bonds is 3. The Balaban J connectivity index is 1.89. The smallest absolute Gasteiger partial charge is 0.321 e. The minimum atomic E-state index is -3.68. The molecule has 0 spiro atoms. The maximum atomic E-state index is 12.7. The Morgan fingerprint density at radius 3 is 2.52 bits per heavy atom. The third-order valence-corrected chi connectivity index (χ3v) is 5.85. The largest absolute Gasteiger partial charge is 0.341 e. The lowest BCUT2D eigenvalue weighted by atomic mass is 10.1. The van der Waals surface area contributed by atoms with Gasteiger partial charge in [-0.3, -0.25) is 9.62 Å². The molecular weight excluding hydrogens is 338 g/mol. The summed E-state index contributed by atoms with van der Waals surface area (Å²) in [7, 11) is -2.10. The van der Waals surface area contributed by atoms with Crippen molar-refractivity contribution in [1.82, 2.24) is 5.32 Å². The molecule has 0 saturated heterocycles. The van der Waals surface area contributed by atoms with E-state index in [-0.39, 0.29) is 10.9 Å². The summed E-state index contributed by atoms with van der Waals surface area (Å²) >= 11 is 0. The molecule has 0 aromatic heterocycles. The van der Waals surface area contributed by atoms with Gasteiger partial charge in [0.15, 0.2) is 0 Å². The third-order valence-electron chi connectivity index (χ3n) is 4.47. The van der Waals surface area contributed by atoms with Crippen molar-refractivity contribution < 1.29 is 13.2 Å². The van der Waals surface area contributed by atoms with E-state index in [1.807, 2.05) is 26.0 Å². The third kappa shape index (κ3) is 3.32. The molecule has 0 saturated carbocycles. The van der Waals surface area contributed by atoms with Crippen molar-refractivity contribution in [2.24, 2.45) is 0 Å². The average Bonchev–Trinajstić information content (AvgIpc) is 3.00. The minimum Gasteiger partial charge on any atom is -0.341 e. The lowest BCUT2D eigenvalue weighted by Crippen LogP contribution is -2.36.